The first-order valence-corrected chi connectivity index (χ1v) is 11.4. The van der Waals surface area contributed by atoms with Gasteiger partial charge in [0, 0.05) is 31.3 Å². The standard InChI is InChI=1S/C24H27N5O4/c30-20-7-6-19(22(31)28-20)29-14-16-4-1-3-15(21(16)24(29)32)13-27-18-5-2-10-26-23(18)33-17-8-11-25-12-9-17/h1-5,10,17,19,25,27H,6-9,11-14H2,(H,28,30,31). The average Bonchev–Trinajstić information content (AvgIpc) is 3.16. The first-order chi connectivity index (χ1) is 16.1. The molecule has 0 bridgehead atoms. The van der Waals surface area contributed by atoms with Gasteiger partial charge in [0.15, 0.2) is 0 Å². The van der Waals surface area contributed by atoms with Crippen LogP contribution in [0.5, 0.6) is 5.88 Å². The van der Waals surface area contributed by atoms with E-state index in [1.165, 1.54) is 0 Å². The predicted octanol–water partition coefficient (Wildman–Crippen LogP) is 1.59. The van der Waals surface area contributed by atoms with E-state index in [9.17, 15) is 14.4 Å². The van der Waals surface area contributed by atoms with Crippen LogP contribution in [0.25, 0.3) is 0 Å². The lowest BCUT2D eigenvalue weighted by atomic mass is 10.0. The van der Waals surface area contributed by atoms with Gasteiger partial charge in [0.2, 0.25) is 17.7 Å². The zero-order valence-corrected chi connectivity index (χ0v) is 18.3. The van der Waals surface area contributed by atoms with E-state index in [1.54, 1.807) is 11.1 Å². The van der Waals surface area contributed by atoms with E-state index < -0.39 is 11.9 Å². The van der Waals surface area contributed by atoms with Crippen LogP contribution in [-0.4, -0.2) is 52.8 Å². The maximum Gasteiger partial charge on any atom is 0.255 e. The van der Waals surface area contributed by atoms with Gasteiger partial charge in [-0.2, -0.15) is 0 Å². The number of amides is 3. The Kier molecular flexibility index (Phi) is 5.95. The van der Waals surface area contributed by atoms with Gasteiger partial charge in [-0.25, -0.2) is 4.98 Å². The van der Waals surface area contributed by atoms with Crippen LogP contribution in [0.1, 0.15) is 47.2 Å². The van der Waals surface area contributed by atoms with Crippen molar-refractivity contribution in [2.24, 2.45) is 0 Å². The van der Waals surface area contributed by atoms with Gasteiger partial charge in [0.25, 0.3) is 5.91 Å². The number of rotatable bonds is 6. The van der Waals surface area contributed by atoms with Crippen LogP contribution in [-0.2, 0) is 22.7 Å². The molecule has 9 nitrogen and oxygen atoms in total. The Morgan fingerprint density at radius 3 is 2.76 bits per heavy atom. The summed E-state index contributed by atoms with van der Waals surface area (Å²) in [4.78, 5) is 43.1. The third kappa shape index (κ3) is 4.41. The zero-order valence-electron chi connectivity index (χ0n) is 18.3. The largest absolute Gasteiger partial charge is 0.473 e. The molecular weight excluding hydrogens is 422 g/mol. The predicted molar refractivity (Wildman–Crippen MR) is 121 cm³/mol. The summed E-state index contributed by atoms with van der Waals surface area (Å²) in [6.07, 6.45) is 4.31. The number of carbonyl (C=O) groups excluding carboxylic acids is 3. The lowest BCUT2D eigenvalue weighted by Gasteiger charge is -2.29. The summed E-state index contributed by atoms with van der Waals surface area (Å²) < 4.78 is 6.14. The normalized spacial score (nSPS) is 21.0. The maximum absolute atomic E-state index is 13.3. The van der Waals surface area contributed by atoms with E-state index >= 15 is 0 Å². The fourth-order valence-electron chi connectivity index (χ4n) is 4.72. The molecule has 0 radical (unpaired) electrons. The summed E-state index contributed by atoms with van der Waals surface area (Å²) in [5.74, 6) is -0.297. The van der Waals surface area contributed by atoms with Crippen LogP contribution >= 0.6 is 0 Å². The van der Waals surface area contributed by atoms with Crippen LogP contribution in [0.3, 0.4) is 0 Å². The van der Waals surface area contributed by atoms with E-state index in [-0.39, 0.29) is 24.3 Å². The molecule has 0 spiro atoms. The summed E-state index contributed by atoms with van der Waals surface area (Å²) in [6.45, 7) is 2.65. The molecule has 2 aromatic rings. The van der Waals surface area contributed by atoms with Gasteiger partial charge in [-0.1, -0.05) is 18.2 Å². The Balaban J connectivity index is 1.31. The molecule has 9 heteroatoms. The highest BCUT2D eigenvalue weighted by Gasteiger charge is 2.39. The van der Waals surface area contributed by atoms with Crippen LogP contribution in [0.15, 0.2) is 36.5 Å². The Hall–Kier alpha value is -3.46. The van der Waals surface area contributed by atoms with Gasteiger partial charge in [-0.15, -0.1) is 0 Å². The summed E-state index contributed by atoms with van der Waals surface area (Å²) in [5, 5.41) is 9.05. The van der Waals surface area contributed by atoms with Crippen molar-refractivity contribution in [3.8, 4) is 5.88 Å². The number of hydrogen-bond donors (Lipinski definition) is 3. The van der Waals surface area contributed by atoms with Crippen molar-refractivity contribution in [1.82, 2.24) is 20.5 Å². The molecule has 33 heavy (non-hydrogen) atoms. The number of benzene rings is 1. The van der Waals surface area contributed by atoms with E-state index in [2.05, 4.69) is 20.9 Å². The van der Waals surface area contributed by atoms with Crippen LogP contribution in [0.4, 0.5) is 5.69 Å². The van der Waals surface area contributed by atoms with Gasteiger partial charge in [-0.3, -0.25) is 19.7 Å². The first-order valence-electron chi connectivity index (χ1n) is 11.4. The number of imide groups is 1. The first kappa shape index (κ1) is 21.4. The smallest absolute Gasteiger partial charge is 0.255 e. The second kappa shape index (κ2) is 9.19. The molecule has 0 saturated carbocycles. The minimum Gasteiger partial charge on any atom is -0.473 e. The lowest BCUT2D eigenvalue weighted by molar-refractivity contribution is -0.136. The topological polar surface area (TPSA) is 113 Å². The average molecular weight is 450 g/mol. The molecule has 0 aliphatic carbocycles. The molecule has 3 amide bonds. The maximum atomic E-state index is 13.3. The number of aromatic nitrogens is 1. The molecule has 5 rings (SSSR count). The van der Waals surface area contributed by atoms with Gasteiger partial charge in [0.05, 0.1) is 5.69 Å². The zero-order chi connectivity index (χ0) is 22.8. The van der Waals surface area contributed by atoms with E-state index in [1.807, 2.05) is 30.3 Å². The third-order valence-corrected chi connectivity index (χ3v) is 6.44. The SMILES string of the molecule is O=C1CCC(N2Cc3cccc(CNc4cccnc4OC4CCNCC4)c3C2=O)C(=O)N1. The molecular formula is C24H27N5O4. The number of pyridine rings is 1. The highest BCUT2D eigenvalue weighted by atomic mass is 16.5. The fourth-order valence-corrected chi connectivity index (χ4v) is 4.72. The molecule has 172 valence electrons. The molecule has 3 N–H and O–H groups in total. The second-order valence-corrected chi connectivity index (χ2v) is 8.63. The Labute approximate surface area is 191 Å². The molecule has 1 aromatic carbocycles. The van der Waals surface area contributed by atoms with Crippen molar-refractivity contribution in [2.45, 2.75) is 50.9 Å². The van der Waals surface area contributed by atoms with Crippen LogP contribution in [0, 0.1) is 0 Å². The molecule has 4 heterocycles. The van der Waals surface area contributed by atoms with Gasteiger partial charge in [-0.05, 0) is 55.6 Å². The molecule has 2 saturated heterocycles. The minimum atomic E-state index is -0.619. The summed E-state index contributed by atoms with van der Waals surface area (Å²) in [7, 11) is 0. The summed E-state index contributed by atoms with van der Waals surface area (Å²) in [6, 6.07) is 8.91. The Bertz CT molecular complexity index is 1080. The number of ether oxygens (including phenoxy) is 1. The summed E-state index contributed by atoms with van der Waals surface area (Å²) in [5.41, 5.74) is 3.14. The number of carbonyl (C=O) groups is 3. The van der Waals surface area contributed by atoms with Gasteiger partial charge < -0.3 is 20.3 Å². The van der Waals surface area contributed by atoms with Gasteiger partial charge in [0.1, 0.15) is 12.1 Å². The molecule has 1 atom stereocenters. The number of fused-ring (bicyclic) bond motifs is 1. The fraction of sp³-hybridized carbons (Fsp3) is 0.417. The van der Waals surface area contributed by atoms with Crippen molar-refractivity contribution in [3.05, 3.63) is 53.2 Å². The van der Waals surface area contributed by atoms with Crippen molar-refractivity contribution >= 4 is 23.4 Å². The van der Waals surface area contributed by atoms with E-state index in [4.69, 9.17) is 4.74 Å². The monoisotopic (exact) mass is 449 g/mol. The number of piperidine rings is 2. The van der Waals surface area contributed by atoms with Crippen molar-refractivity contribution in [1.29, 1.82) is 0 Å². The van der Waals surface area contributed by atoms with Crippen molar-refractivity contribution in [2.75, 3.05) is 18.4 Å². The third-order valence-electron chi connectivity index (χ3n) is 6.44. The van der Waals surface area contributed by atoms with Crippen LogP contribution < -0.4 is 20.7 Å². The minimum absolute atomic E-state index is 0.131. The van der Waals surface area contributed by atoms with Crippen molar-refractivity contribution in [3.63, 3.8) is 0 Å². The molecule has 3 aliphatic rings. The lowest BCUT2D eigenvalue weighted by Crippen LogP contribution is -2.52. The van der Waals surface area contributed by atoms with Crippen molar-refractivity contribution < 1.29 is 19.1 Å². The number of nitrogens with zero attached hydrogens (tertiary/aromatic N) is 2. The summed E-state index contributed by atoms with van der Waals surface area (Å²) >= 11 is 0. The van der Waals surface area contributed by atoms with E-state index in [0.717, 1.165) is 42.7 Å². The quantitative estimate of drug-likeness (QED) is 0.574. The Morgan fingerprint density at radius 2 is 1.94 bits per heavy atom. The highest BCUT2D eigenvalue weighted by molar-refractivity contribution is 6.06. The molecule has 1 unspecified atom stereocenters. The number of hydrogen-bond acceptors (Lipinski definition) is 7. The second-order valence-electron chi connectivity index (χ2n) is 8.63. The van der Waals surface area contributed by atoms with Gasteiger partial charge >= 0.3 is 0 Å². The Morgan fingerprint density at radius 1 is 1.09 bits per heavy atom. The highest BCUT2D eigenvalue weighted by Crippen LogP contribution is 2.31. The number of anilines is 1. The molecule has 3 aliphatic heterocycles. The molecule has 1 aromatic heterocycles. The van der Waals surface area contributed by atoms with Crippen LogP contribution in [0.2, 0.25) is 0 Å². The molecule has 2 fully saturated rings. The van der Waals surface area contributed by atoms with E-state index in [0.29, 0.717) is 31.0 Å². The number of nitrogens with one attached hydrogen (secondary N) is 3.